The Morgan fingerprint density at radius 1 is 1.45 bits per heavy atom. The van der Waals surface area contributed by atoms with Gasteiger partial charge in [-0.3, -0.25) is 13.8 Å². The summed E-state index contributed by atoms with van der Waals surface area (Å²) in [6.07, 6.45) is 1.65. The number of fused-ring (bicyclic) bond motifs is 3. The summed E-state index contributed by atoms with van der Waals surface area (Å²) >= 11 is 1.31. The van der Waals surface area contributed by atoms with Gasteiger partial charge in [0.1, 0.15) is 0 Å². The second-order valence-electron chi connectivity index (χ2n) is 4.73. The molecule has 0 fully saturated rings. The molecule has 0 aliphatic carbocycles. The monoisotopic (exact) mass is 311 g/mol. The average Bonchev–Trinajstić information content (AvgIpc) is 2.95. The normalized spacial score (nSPS) is 12.4. The Hall–Kier alpha value is -2.59. The lowest BCUT2D eigenvalue weighted by atomic mass is 10.2. The molecule has 6 nitrogen and oxygen atoms in total. The van der Waals surface area contributed by atoms with Crippen molar-refractivity contribution in [3.8, 4) is 6.07 Å². The number of aromatic nitrogens is 4. The van der Waals surface area contributed by atoms with Crippen LogP contribution < -0.4 is 5.56 Å². The first kappa shape index (κ1) is 14.4. The van der Waals surface area contributed by atoms with E-state index >= 15 is 0 Å². The van der Waals surface area contributed by atoms with E-state index in [-0.39, 0.29) is 10.8 Å². The van der Waals surface area contributed by atoms with Crippen LogP contribution in [0.25, 0.3) is 16.7 Å². The molecule has 7 heteroatoms. The molecule has 2 heterocycles. The van der Waals surface area contributed by atoms with Crippen molar-refractivity contribution in [2.24, 2.45) is 0 Å². The number of rotatable bonds is 4. The zero-order chi connectivity index (χ0) is 15.7. The SMILES string of the molecule is C=CCn1c(=O)c2ccccc2n2c(SC(C)C#N)nnc12. The van der Waals surface area contributed by atoms with Crippen molar-refractivity contribution in [2.45, 2.75) is 23.9 Å². The van der Waals surface area contributed by atoms with Crippen LogP contribution in [0.1, 0.15) is 6.92 Å². The number of allylic oxidation sites excluding steroid dienone is 1. The van der Waals surface area contributed by atoms with E-state index in [1.807, 2.05) is 22.6 Å². The fraction of sp³-hybridized carbons (Fsp3) is 0.200. The molecule has 0 N–H and O–H groups in total. The second kappa shape index (κ2) is 5.66. The van der Waals surface area contributed by atoms with E-state index in [9.17, 15) is 4.79 Å². The Kier molecular flexibility index (Phi) is 3.69. The largest absolute Gasteiger partial charge is 0.272 e. The first-order chi connectivity index (χ1) is 10.7. The van der Waals surface area contributed by atoms with Crippen molar-refractivity contribution < 1.29 is 0 Å². The van der Waals surface area contributed by atoms with Crippen molar-refractivity contribution in [1.29, 1.82) is 5.26 Å². The molecule has 0 aliphatic heterocycles. The fourth-order valence-corrected chi connectivity index (χ4v) is 3.03. The standard InChI is InChI=1S/C15H13N5OS/c1-3-8-19-13(21)11-6-4-5-7-12(11)20-14(19)17-18-15(20)22-10(2)9-16/h3-7,10H,1,8H2,2H3. The Labute approximate surface area is 130 Å². The first-order valence-electron chi connectivity index (χ1n) is 6.71. The van der Waals surface area contributed by atoms with Crippen LogP contribution in [0.5, 0.6) is 0 Å². The molecule has 3 aromatic rings. The van der Waals surface area contributed by atoms with Crippen LogP contribution in [0, 0.1) is 11.3 Å². The van der Waals surface area contributed by atoms with Crippen LogP contribution in [0.2, 0.25) is 0 Å². The summed E-state index contributed by atoms with van der Waals surface area (Å²) in [5, 5.41) is 18.2. The Morgan fingerprint density at radius 3 is 2.95 bits per heavy atom. The summed E-state index contributed by atoms with van der Waals surface area (Å²) in [5.74, 6) is 0.455. The molecule has 1 aromatic carbocycles. The summed E-state index contributed by atoms with van der Waals surface area (Å²) in [6, 6.07) is 9.48. The number of hydrogen-bond donors (Lipinski definition) is 0. The predicted octanol–water partition coefficient (Wildman–Crippen LogP) is 2.23. The van der Waals surface area contributed by atoms with Gasteiger partial charge in [0.05, 0.1) is 22.2 Å². The lowest BCUT2D eigenvalue weighted by Crippen LogP contribution is -2.22. The van der Waals surface area contributed by atoms with Crippen molar-refractivity contribution in [1.82, 2.24) is 19.2 Å². The zero-order valence-electron chi connectivity index (χ0n) is 11.9. The van der Waals surface area contributed by atoms with E-state index in [4.69, 9.17) is 5.26 Å². The molecule has 0 aliphatic rings. The van der Waals surface area contributed by atoms with Gasteiger partial charge < -0.3 is 0 Å². The molecular formula is C15H13N5OS. The lowest BCUT2D eigenvalue weighted by molar-refractivity contribution is 0.783. The number of benzene rings is 1. The Balaban J connectivity index is 2.41. The van der Waals surface area contributed by atoms with Gasteiger partial charge in [0, 0.05) is 6.54 Å². The smallest absolute Gasteiger partial charge is 0.263 e. The number of para-hydroxylation sites is 1. The number of thioether (sulfide) groups is 1. The molecule has 0 spiro atoms. The van der Waals surface area contributed by atoms with E-state index < -0.39 is 0 Å². The third-order valence-electron chi connectivity index (χ3n) is 3.25. The molecule has 0 saturated carbocycles. The third kappa shape index (κ3) is 2.18. The molecule has 0 saturated heterocycles. The highest BCUT2D eigenvalue weighted by Gasteiger charge is 2.17. The van der Waals surface area contributed by atoms with Crippen LogP contribution >= 0.6 is 11.8 Å². The fourth-order valence-electron chi connectivity index (χ4n) is 2.29. The Morgan fingerprint density at radius 2 is 2.23 bits per heavy atom. The average molecular weight is 311 g/mol. The van der Waals surface area contributed by atoms with Crippen molar-refractivity contribution in [3.05, 3.63) is 47.3 Å². The molecular weight excluding hydrogens is 298 g/mol. The van der Waals surface area contributed by atoms with E-state index in [0.717, 1.165) is 5.52 Å². The highest BCUT2D eigenvalue weighted by atomic mass is 32.2. The summed E-state index contributed by atoms with van der Waals surface area (Å²) in [4.78, 5) is 12.6. The summed E-state index contributed by atoms with van der Waals surface area (Å²) in [7, 11) is 0. The Bertz CT molecular complexity index is 966. The maximum absolute atomic E-state index is 12.6. The van der Waals surface area contributed by atoms with E-state index in [1.54, 1.807) is 19.1 Å². The molecule has 3 rings (SSSR count). The topological polar surface area (TPSA) is 76.0 Å². The third-order valence-corrected chi connectivity index (χ3v) is 4.19. The van der Waals surface area contributed by atoms with E-state index in [1.165, 1.54) is 16.3 Å². The molecule has 0 radical (unpaired) electrons. The maximum atomic E-state index is 12.6. The molecule has 22 heavy (non-hydrogen) atoms. The van der Waals surface area contributed by atoms with Crippen LogP contribution in [-0.2, 0) is 6.54 Å². The van der Waals surface area contributed by atoms with Crippen molar-refractivity contribution in [2.75, 3.05) is 0 Å². The van der Waals surface area contributed by atoms with Crippen LogP contribution in [0.3, 0.4) is 0 Å². The predicted molar refractivity (Wildman–Crippen MR) is 85.9 cm³/mol. The highest BCUT2D eigenvalue weighted by molar-refractivity contribution is 8.00. The summed E-state index contributed by atoms with van der Waals surface area (Å²) in [6.45, 7) is 5.84. The minimum atomic E-state index is -0.258. The van der Waals surface area contributed by atoms with Gasteiger partial charge in [0.15, 0.2) is 5.16 Å². The van der Waals surface area contributed by atoms with Gasteiger partial charge in [0.2, 0.25) is 5.78 Å². The van der Waals surface area contributed by atoms with Crippen LogP contribution in [-0.4, -0.2) is 24.4 Å². The maximum Gasteiger partial charge on any atom is 0.263 e. The molecule has 1 atom stereocenters. The molecule has 110 valence electrons. The van der Waals surface area contributed by atoms with Crippen LogP contribution in [0.15, 0.2) is 46.9 Å². The molecule has 1 unspecified atom stereocenters. The minimum absolute atomic E-state index is 0.125. The van der Waals surface area contributed by atoms with Gasteiger partial charge in [-0.1, -0.05) is 30.0 Å². The van der Waals surface area contributed by atoms with Crippen molar-refractivity contribution >= 4 is 28.4 Å². The number of nitriles is 1. The first-order valence-corrected chi connectivity index (χ1v) is 7.59. The molecule has 0 amide bonds. The number of hydrogen-bond acceptors (Lipinski definition) is 5. The molecule has 2 aromatic heterocycles. The highest BCUT2D eigenvalue weighted by Crippen LogP contribution is 2.24. The van der Waals surface area contributed by atoms with Gasteiger partial charge in [-0.25, -0.2) is 0 Å². The quantitative estimate of drug-likeness (QED) is 0.545. The summed E-state index contributed by atoms with van der Waals surface area (Å²) < 4.78 is 3.35. The van der Waals surface area contributed by atoms with Gasteiger partial charge >= 0.3 is 0 Å². The zero-order valence-corrected chi connectivity index (χ0v) is 12.7. The van der Waals surface area contributed by atoms with Crippen LogP contribution in [0.4, 0.5) is 0 Å². The minimum Gasteiger partial charge on any atom is -0.272 e. The summed E-state index contributed by atoms with van der Waals surface area (Å²) in [5.41, 5.74) is 0.612. The van der Waals surface area contributed by atoms with E-state index in [0.29, 0.717) is 22.9 Å². The lowest BCUT2D eigenvalue weighted by Gasteiger charge is -2.09. The second-order valence-corrected chi connectivity index (χ2v) is 6.04. The number of nitrogens with zero attached hydrogens (tertiary/aromatic N) is 5. The van der Waals surface area contributed by atoms with Crippen molar-refractivity contribution in [3.63, 3.8) is 0 Å². The molecule has 0 bridgehead atoms. The van der Waals surface area contributed by atoms with Gasteiger partial charge in [-0.15, -0.1) is 16.8 Å². The van der Waals surface area contributed by atoms with Gasteiger partial charge in [-0.05, 0) is 19.1 Å². The van der Waals surface area contributed by atoms with Gasteiger partial charge in [0.25, 0.3) is 5.56 Å². The van der Waals surface area contributed by atoms with E-state index in [2.05, 4.69) is 22.8 Å². The van der Waals surface area contributed by atoms with Gasteiger partial charge in [-0.2, -0.15) is 5.26 Å².